The highest BCUT2D eigenvalue weighted by Crippen LogP contribution is 2.37. The summed E-state index contributed by atoms with van der Waals surface area (Å²) in [4.78, 5) is 14.9. The molecule has 0 aromatic heterocycles. The van der Waals surface area contributed by atoms with Gasteiger partial charge in [-0.25, -0.2) is 0 Å². The van der Waals surface area contributed by atoms with Crippen LogP contribution in [0.25, 0.3) is 0 Å². The summed E-state index contributed by atoms with van der Waals surface area (Å²) in [5, 5.41) is 3.27. The highest BCUT2D eigenvalue weighted by Gasteiger charge is 2.48. The average Bonchev–Trinajstić information content (AvgIpc) is 3.16. The number of nitrogens with one attached hydrogen (secondary N) is 1. The maximum atomic E-state index is 12.5. The highest BCUT2D eigenvalue weighted by atomic mass is 16.5. The monoisotopic (exact) mass is 268 g/mol. The molecule has 4 nitrogen and oxygen atoms in total. The van der Waals surface area contributed by atoms with Gasteiger partial charge < -0.3 is 15.0 Å². The van der Waals surface area contributed by atoms with Gasteiger partial charge in [-0.3, -0.25) is 4.79 Å². The van der Waals surface area contributed by atoms with Gasteiger partial charge in [0, 0.05) is 13.2 Å². The van der Waals surface area contributed by atoms with Crippen molar-refractivity contribution in [1.82, 2.24) is 10.2 Å². The third kappa shape index (κ3) is 3.48. The van der Waals surface area contributed by atoms with Gasteiger partial charge in [-0.2, -0.15) is 0 Å². The molecule has 0 unspecified atom stereocenters. The predicted molar refractivity (Wildman–Crippen MR) is 76.1 cm³/mol. The van der Waals surface area contributed by atoms with Crippen LogP contribution in [0.1, 0.15) is 52.9 Å². The summed E-state index contributed by atoms with van der Waals surface area (Å²) in [6, 6.07) is 0. The van der Waals surface area contributed by atoms with Crippen molar-refractivity contribution in [3.8, 4) is 0 Å². The summed E-state index contributed by atoms with van der Waals surface area (Å²) in [5.41, 5.74) is -0.579. The Labute approximate surface area is 116 Å². The molecule has 1 aliphatic carbocycles. The highest BCUT2D eigenvalue weighted by molar-refractivity contribution is 5.85. The molecule has 2 fully saturated rings. The van der Waals surface area contributed by atoms with E-state index in [4.69, 9.17) is 4.74 Å². The summed E-state index contributed by atoms with van der Waals surface area (Å²) in [5.74, 6) is 0.0943. The lowest BCUT2D eigenvalue weighted by atomic mass is 9.94. The van der Waals surface area contributed by atoms with Crippen LogP contribution in [0.4, 0.5) is 0 Å². The van der Waals surface area contributed by atoms with Crippen molar-refractivity contribution >= 4 is 5.91 Å². The van der Waals surface area contributed by atoms with Crippen molar-refractivity contribution < 1.29 is 9.53 Å². The number of ether oxygens (including phenoxy) is 1. The van der Waals surface area contributed by atoms with Crippen molar-refractivity contribution in [3.63, 3.8) is 0 Å². The lowest BCUT2D eigenvalue weighted by Crippen LogP contribution is -2.55. The van der Waals surface area contributed by atoms with E-state index in [9.17, 15) is 4.79 Å². The van der Waals surface area contributed by atoms with Crippen molar-refractivity contribution in [1.29, 1.82) is 0 Å². The fraction of sp³-hybridized carbons (Fsp3) is 0.933. The fourth-order valence-corrected chi connectivity index (χ4v) is 2.83. The number of likely N-dealkylation sites (N-methyl/N-ethyl adjacent to an activating group) is 1. The van der Waals surface area contributed by atoms with Crippen LogP contribution < -0.4 is 5.32 Å². The Balaban J connectivity index is 1.91. The molecule has 1 saturated heterocycles. The van der Waals surface area contributed by atoms with E-state index in [1.807, 2.05) is 6.92 Å². The largest absolute Gasteiger partial charge is 0.365 e. The second kappa shape index (κ2) is 5.80. The Hall–Kier alpha value is -0.610. The van der Waals surface area contributed by atoms with Crippen LogP contribution in [0.2, 0.25) is 0 Å². The van der Waals surface area contributed by atoms with Crippen LogP contribution >= 0.6 is 0 Å². The number of rotatable bonds is 6. The van der Waals surface area contributed by atoms with Crippen molar-refractivity contribution in [2.24, 2.45) is 0 Å². The van der Waals surface area contributed by atoms with E-state index >= 15 is 0 Å². The molecule has 1 aliphatic heterocycles. The normalized spacial score (nSPS) is 29.3. The zero-order valence-corrected chi connectivity index (χ0v) is 12.6. The number of carbonyl (C=O) groups is 1. The molecule has 1 heterocycles. The Morgan fingerprint density at radius 2 is 1.89 bits per heavy atom. The lowest BCUT2D eigenvalue weighted by Gasteiger charge is -2.35. The summed E-state index contributed by atoms with van der Waals surface area (Å²) < 4.78 is 5.73. The molecule has 19 heavy (non-hydrogen) atoms. The lowest BCUT2D eigenvalue weighted by molar-refractivity contribution is -0.151. The van der Waals surface area contributed by atoms with Crippen LogP contribution in [0.15, 0.2) is 0 Å². The number of carbonyl (C=O) groups excluding carboxylic acids is 1. The van der Waals surface area contributed by atoms with Gasteiger partial charge in [-0.1, -0.05) is 13.8 Å². The van der Waals surface area contributed by atoms with Crippen LogP contribution in [0, 0.1) is 0 Å². The number of hydrogen-bond donors (Lipinski definition) is 1. The van der Waals surface area contributed by atoms with Crippen LogP contribution in [0.5, 0.6) is 0 Å². The van der Waals surface area contributed by atoms with E-state index < -0.39 is 5.60 Å². The van der Waals surface area contributed by atoms with Gasteiger partial charge in [0.15, 0.2) is 0 Å². The molecule has 0 bridgehead atoms. The Morgan fingerprint density at radius 3 is 2.37 bits per heavy atom. The minimum Gasteiger partial charge on any atom is -0.365 e. The molecule has 2 aliphatic rings. The van der Waals surface area contributed by atoms with E-state index in [0.717, 1.165) is 51.7 Å². The molecule has 1 atom stereocenters. The average molecular weight is 268 g/mol. The van der Waals surface area contributed by atoms with Gasteiger partial charge in [0.05, 0.1) is 5.54 Å². The standard InChI is InChI=1S/C15H28N2O2/c1-4-17(5-2)12-15(9-10-15)16-13(18)14(3)8-6-7-11-19-14/h4-12H2,1-3H3,(H,16,18)/t14-/m1/s1. The SMILES string of the molecule is CCN(CC)CC1(NC(=O)[C@@]2(C)CCCCO2)CC1. The number of nitrogens with zero attached hydrogens (tertiary/aromatic N) is 1. The molecule has 1 saturated carbocycles. The third-order valence-corrected chi connectivity index (χ3v) is 4.60. The van der Waals surface area contributed by atoms with Gasteiger partial charge in [0.1, 0.15) is 5.60 Å². The van der Waals surface area contributed by atoms with Crippen LogP contribution in [-0.2, 0) is 9.53 Å². The molecule has 2 rings (SSSR count). The zero-order valence-electron chi connectivity index (χ0n) is 12.6. The van der Waals surface area contributed by atoms with Gasteiger partial charge >= 0.3 is 0 Å². The van der Waals surface area contributed by atoms with Gasteiger partial charge in [-0.15, -0.1) is 0 Å². The van der Waals surface area contributed by atoms with E-state index in [1.54, 1.807) is 0 Å². The van der Waals surface area contributed by atoms with E-state index in [-0.39, 0.29) is 11.4 Å². The van der Waals surface area contributed by atoms with E-state index in [0.29, 0.717) is 6.61 Å². The number of hydrogen-bond acceptors (Lipinski definition) is 3. The molecule has 0 spiro atoms. The smallest absolute Gasteiger partial charge is 0.252 e. The van der Waals surface area contributed by atoms with E-state index in [2.05, 4.69) is 24.1 Å². The first-order chi connectivity index (χ1) is 9.03. The maximum Gasteiger partial charge on any atom is 0.252 e. The minimum atomic E-state index is -0.600. The molecule has 0 radical (unpaired) electrons. The quantitative estimate of drug-likeness (QED) is 0.800. The summed E-state index contributed by atoms with van der Waals surface area (Å²) in [7, 11) is 0. The molecular formula is C15H28N2O2. The van der Waals surface area contributed by atoms with Crippen LogP contribution in [0.3, 0.4) is 0 Å². The molecular weight excluding hydrogens is 240 g/mol. The van der Waals surface area contributed by atoms with E-state index in [1.165, 1.54) is 0 Å². The van der Waals surface area contributed by atoms with Gasteiger partial charge in [-0.05, 0) is 52.1 Å². The molecule has 0 aromatic carbocycles. The summed E-state index contributed by atoms with van der Waals surface area (Å²) in [6.45, 7) is 10.1. The Morgan fingerprint density at radius 1 is 1.21 bits per heavy atom. The topological polar surface area (TPSA) is 41.6 Å². The fourth-order valence-electron chi connectivity index (χ4n) is 2.83. The second-order valence-corrected chi connectivity index (χ2v) is 6.23. The van der Waals surface area contributed by atoms with Gasteiger partial charge in [0.2, 0.25) is 0 Å². The van der Waals surface area contributed by atoms with Crippen LogP contribution in [-0.4, -0.2) is 48.2 Å². The molecule has 1 N–H and O–H groups in total. The first-order valence-corrected chi connectivity index (χ1v) is 7.72. The Kier molecular flexibility index (Phi) is 4.51. The second-order valence-electron chi connectivity index (χ2n) is 6.23. The Bertz CT molecular complexity index is 316. The molecule has 0 aromatic rings. The van der Waals surface area contributed by atoms with Crippen molar-refractivity contribution in [3.05, 3.63) is 0 Å². The minimum absolute atomic E-state index is 0.0208. The van der Waals surface area contributed by atoms with Crippen molar-refractivity contribution in [2.45, 2.75) is 64.0 Å². The van der Waals surface area contributed by atoms with Crippen molar-refractivity contribution in [2.75, 3.05) is 26.2 Å². The van der Waals surface area contributed by atoms with Gasteiger partial charge in [0.25, 0.3) is 5.91 Å². The molecule has 110 valence electrons. The predicted octanol–water partition coefficient (Wildman–Crippen LogP) is 1.94. The zero-order chi connectivity index (χ0) is 13.9. The third-order valence-electron chi connectivity index (χ3n) is 4.60. The summed E-state index contributed by atoms with van der Waals surface area (Å²) in [6.07, 6.45) is 5.22. The summed E-state index contributed by atoms with van der Waals surface area (Å²) >= 11 is 0. The number of amides is 1. The molecule has 1 amide bonds. The first kappa shape index (κ1) is 14.8. The first-order valence-electron chi connectivity index (χ1n) is 7.72. The maximum absolute atomic E-state index is 12.5. The molecule has 4 heteroatoms.